The number of primary amides is 1. The molecule has 3 rings (SSSR count). The van der Waals surface area contributed by atoms with Gasteiger partial charge in [0.15, 0.2) is 0 Å². The summed E-state index contributed by atoms with van der Waals surface area (Å²) in [6.07, 6.45) is -0.434. The van der Waals surface area contributed by atoms with Gasteiger partial charge in [0.1, 0.15) is 18.7 Å². The van der Waals surface area contributed by atoms with Crippen LogP contribution in [0.15, 0.2) is 83.3 Å². The first-order valence-electron chi connectivity index (χ1n) is 10.9. The summed E-state index contributed by atoms with van der Waals surface area (Å²) in [7, 11) is 0. The third-order valence-electron chi connectivity index (χ3n) is 5.20. The normalized spacial score (nSPS) is 12.3. The van der Waals surface area contributed by atoms with Crippen molar-refractivity contribution in [1.82, 2.24) is 10.6 Å². The highest BCUT2D eigenvalue weighted by Gasteiger charge is 2.27. The molecular formula is C26H25BrClN3O4. The predicted octanol–water partition coefficient (Wildman–Crippen LogP) is 4.15. The molecule has 4 N–H and O–H groups in total. The van der Waals surface area contributed by atoms with Crippen LogP contribution in [0.2, 0.25) is 5.02 Å². The summed E-state index contributed by atoms with van der Waals surface area (Å²) >= 11 is 9.49. The maximum Gasteiger partial charge on any atom is 0.408 e. The zero-order chi connectivity index (χ0) is 25.2. The van der Waals surface area contributed by atoms with Gasteiger partial charge in [-0.3, -0.25) is 9.59 Å². The number of nitrogens with two attached hydrogens (primary N) is 1. The first-order chi connectivity index (χ1) is 16.8. The maximum atomic E-state index is 13.2. The largest absolute Gasteiger partial charge is 0.445 e. The molecule has 0 spiro atoms. The highest BCUT2D eigenvalue weighted by molar-refractivity contribution is 9.10. The van der Waals surface area contributed by atoms with Crippen molar-refractivity contribution in [2.75, 3.05) is 0 Å². The molecule has 0 aromatic heterocycles. The van der Waals surface area contributed by atoms with E-state index >= 15 is 0 Å². The van der Waals surface area contributed by atoms with Crippen molar-refractivity contribution in [1.29, 1.82) is 0 Å². The Balaban J connectivity index is 1.71. The fraction of sp³-hybridized carbons (Fsp3) is 0.192. The second-order valence-corrected chi connectivity index (χ2v) is 9.14. The molecule has 3 amide bonds. The molecule has 0 radical (unpaired) electrons. The van der Waals surface area contributed by atoms with E-state index in [2.05, 4.69) is 26.6 Å². The number of hydrogen-bond donors (Lipinski definition) is 3. The summed E-state index contributed by atoms with van der Waals surface area (Å²) in [5, 5.41) is 5.76. The van der Waals surface area contributed by atoms with Gasteiger partial charge in [0.25, 0.3) is 0 Å². The Morgan fingerprint density at radius 2 is 1.49 bits per heavy atom. The monoisotopic (exact) mass is 557 g/mol. The lowest BCUT2D eigenvalue weighted by atomic mass is 10.0. The highest BCUT2D eigenvalue weighted by atomic mass is 79.9. The zero-order valence-electron chi connectivity index (χ0n) is 18.7. The molecule has 3 aromatic carbocycles. The molecule has 0 bridgehead atoms. The number of halogens is 2. The van der Waals surface area contributed by atoms with Gasteiger partial charge in [-0.25, -0.2) is 4.79 Å². The first kappa shape index (κ1) is 26.2. The second-order valence-electron chi connectivity index (χ2n) is 7.85. The van der Waals surface area contributed by atoms with Crippen molar-refractivity contribution in [2.24, 2.45) is 5.73 Å². The van der Waals surface area contributed by atoms with Gasteiger partial charge in [-0.15, -0.1) is 0 Å². The van der Waals surface area contributed by atoms with Crippen molar-refractivity contribution in [3.8, 4) is 0 Å². The van der Waals surface area contributed by atoms with Gasteiger partial charge in [0, 0.05) is 22.3 Å². The minimum atomic E-state index is -1.02. The van der Waals surface area contributed by atoms with E-state index in [4.69, 9.17) is 22.1 Å². The zero-order valence-corrected chi connectivity index (χ0v) is 21.1. The molecule has 0 saturated carbocycles. The molecule has 0 aliphatic rings. The van der Waals surface area contributed by atoms with Crippen LogP contribution in [-0.4, -0.2) is 30.0 Å². The van der Waals surface area contributed by atoms with E-state index in [0.29, 0.717) is 10.6 Å². The lowest BCUT2D eigenvalue weighted by molar-refractivity contribution is -0.128. The Labute approximate surface area is 217 Å². The van der Waals surface area contributed by atoms with Crippen LogP contribution in [0.3, 0.4) is 0 Å². The van der Waals surface area contributed by atoms with Crippen LogP contribution >= 0.6 is 27.5 Å². The van der Waals surface area contributed by atoms with Crippen LogP contribution in [-0.2, 0) is 33.8 Å². The van der Waals surface area contributed by atoms with E-state index in [1.807, 2.05) is 60.7 Å². The average molecular weight is 559 g/mol. The van der Waals surface area contributed by atoms with E-state index in [1.165, 1.54) is 0 Å². The molecule has 0 heterocycles. The molecule has 0 fully saturated rings. The summed E-state index contributed by atoms with van der Waals surface area (Å²) < 4.78 is 6.01. The SMILES string of the molecule is NC(=O)[C@H](Cc1cc(Cl)ccc1Br)NC(=O)[C@@H](Cc1ccccc1)NC(=O)OCc1ccccc1. The summed E-state index contributed by atoms with van der Waals surface area (Å²) in [4.78, 5) is 37.8. The van der Waals surface area contributed by atoms with Crippen LogP contribution < -0.4 is 16.4 Å². The number of carbonyl (C=O) groups excluding carboxylic acids is 3. The van der Waals surface area contributed by atoms with Crippen molar-refractivity contribution in [2.45, 2.75) is 31.5 Å². The maximum absolute atomic E-state index is 13.2. The minimum absolute atomic E-state index is 0.0546. The van der Waals surface area contributed by atoms with Gasteiger partial charge in [0.2, 0.25) is 11.8 Å². The van der Waals surface area contributed by atoms with E-state index in [0.717, 1.165) is 15.6 Å². The van der Waals surface area contributed by atoms with Crippen LogP contribution in [0.25, 0.3) is 0 Å². The van der Waals surface area contributed by atoms with Crippen molar-refractivity contribution >= 4 is 45.4 Å². The fourth-order valence-corrected chi connectivity index (χ4v) is 3.98. The van der Waals surface area contributed by atoms with Gasteiger partial charge in [-0.2, -0.15) is 0 Å². The molecule has 0 unspecified atom stereocenters. The Hall–Kier alpha value is -3.36. The first-order valence-corrected chi connectivity index (χ1v) is 12.0. The summed E-state index contributed by atoms with van der Waals surface area (Å²) in [6.45, 7) is 0.0546. The molecule has 0 saturated heterocycles. The number of nitrogens with one attached hydrogen (secondary N) is 2. The van der Waals surface area contributed by atoms with Crippen LogP contribution in [0.1, 0.15) is 16.7 Å². The Morgan fingerprint density at radius 1 is 0.857 bits per heavy atom. The Kier molecular flexibility index (Phi) is 9.69. The van der Waals surface area contributed by atoms with Crippen LogP contribution in [0.5, 0.6) is 0 Å². The summed E-state index contributed by atoms with van der Waals surface area (Å²) in [5.41, 5.74) is 7.91. The number of alkyl carbamates (subject to hydrolysis) is 1. The minimum Gasteiger partial charge on any atom is -0.445 e. The fourth-order valence-electron chi connectivity index (χ4n) is 3.38. The van der Waals surface area contributed by atoms with Crippen molar-refractivity contribution < 1.29 is 19.1 Å². The van der Waals surface area contributed by atoms with Crippen molar-refractivity contribution in [3.05, 3.63) is 105 Å². The third kappa shape index (κ3) is 8.42. The average Bonchev–Trinajstić information content (AvgIpc) is 2.85. The van der Waals surface area contributed by atoms with E-state index < -0.39 is 30.0 Å². The number of benzene rings is 3. The Morgan fingerprint density at radius 3 is 2.11 bits per heavy atom. The number of carbonyl (C=O) groups is 3. The number of hydrogen-bond acceptors (Lipinski definition) is 4. The van der Waals surface area contributed by atoms with Gasteiger partial charge < -0.3 is 21.1 Å². The van der Waals surface area contributed by atoms with Gasteiger partial charge in [0.05, 0.1) is 0 Å². The van der Waals surface area contributed by atoms with Crippen LogP contribution in [0.4, 0.5) is 4.79 Å². The van der Waals surface area contributed by atoms with E-state index in [1.54, 1.807) is 18.2 Å². The van der Waals surface area contributed by atoms with E-state index in [-0.39, 0.29) is 19.4 Å². The Bertz CT molecular complexity index is 1160. The standard InChI is InChI=1S/C26H25BrClN3O4/c27-21-12-11-20(28)14-19(21)15-22(24(29)32)30-25(33)23(13-17-7-3-1-4-8-17)31-26(34)35-16-18-9-5-2-6-10-18/h1-12,14,22-23H,13,15-16H2,(H2,29,32)(H,30,33)(H,31,34)/t22-,23+/m0/s1. The number of ether oxygens (including phenoxy) is 1. The molecule has 7 nitrogen and oxygen atoms in total. The number of amides is 3. The highest BCUT2D eigenvalue weighted by Crippen LogP contribution is 2.22. The second kappa shape index (κ2) is 12.9. The van der Waals surface area contributed by atoms with Crippen molar-refractivity contribution in [3.63, 3.8) is 0 Å². The van der Waals surface area contributed by atoms with Gasteiger partial charge in [-0.1, -0.05) is 88.2 Å². The van der Waals surface area contributed by atoms with Gasteiger partial charge in [-0.05, 0) is 34.9 Å². The molecular weight excluding hydrogens is 534 g/mol. The molecule has 0 aliphatic heterocycles. The predicted molar refractivity (Wildman–Crippen MR) is 138 cm³/mol. The van der Waals surface area contributed by atoms with Crippen LogP contribution in [0, 0.1) is 0 Å². The smallest absolute Gasteiger partial charge is 0.408 e. The van der Waals surface area contributed by atoms with E-state index in [9.17, 15) is 14.4 Å². The molecule has 0 aliphatic carbocycles. The molecule has 9 heteroatoms. The molecule has 3 aromatic rings. The quantitative estimate of drug-likeness (QED) is 0.347. The number of rotatable bonds is 10. The summed E-state index contributed by atoms with van der Waals surface area (Å²) in [6, 6.07) is 21.5. The lowest BCUT2D eigenvalue weighted by Gasteiger charge is -2.22. The summed E-state index contributed by atoms with van der Waals surface area (Å²) in [5.74, 6) is -1.28. The lowest BCUT2D eigenvalue weighted by Crippen LogP contribution is -2.54. The topological polar surface area (TPSA) is 111 Å². The van der Waals surface area contributed by atoms with Gasteiger partial charge >= 0.3 is 6.09 Å². The molecule has 2 atom stereocenters. The third-order valence-corrected chi connectivity index (χ3v) is 6.20. The molecule has 35 heavy (non-hydrogen) atoms. The molecule has 182 valence electrons.